The summed E-state index contributed by atoms with van der Waals surface area (Å²) in [6.07, 6.45) is 0. The average Bonchev–Trinajstić information content (AvgIpc) is 2.62. The molecule has 0 aromatic heterocycles. The molecule has 0 saturated carbocycles. The second-order valence-corrected chi connectivity index (χ2v) is 6.29. The van der Waals surface area contributed by atoms with Crippen LogP contribution in [0, 0.1) is 5.82 Å². The van der Waals surface area contributed by atoms with Gasteiger partial charge in [-0.1, -0.05) is 24.3 Å². The molecule has 0 aliphatic carbocycles. The van der Waals surface area contributed by atoms with Crippen molar-refractivity contribution < 1.29 is 14.0 Å². The Balaban J connectivity index is 1.52. The van der Waals surface area contributed by atoms with Gasteiger partial charge in [-0.05, 0) is 42.4 Å². The molecule has 0 spiro atoms. The van der Waals surface area contributed by atoms with Gasteiger partial charge in [-0.25, -0.2) is 9.18 Å². The SMILES string of the molecule is CN1CC(=O)NCC1c1ccc(NC(=O)NCc2ccc(F)cc2)cc1. The van der Waals surface area contributed by atoms with E-state index < -0.39 is 0 Å². The van der Waals surface area contributed by atoms with E-state index >= 15 is 0 Å². The number of piperazine rings is 1. The number of carbonyl (C=O) groups is 2. The summed E-state index contributed by atoms with van der Waals surface area (Å²) >= 11 is 0. The van der Waals surface area contributed by atoms with Gasteiger partial charge in [0.05, 0.1) is 12.6 Å². The second-order valence-electron chi connectivity index (χ2n) is 6.29. The number of carbonyl (C=O) groups excluding carboxylic acids is 2. The average molecular weight is 356 g/mol. The molecule has 3 N–H and O–H groups in total. The lowest BCUT2D eigenvalue weighted by Crippen LogP contribution is -2.47. The maximum Gasteiger partial charge on any atom is 0.319 e. The van der Waals surface area contributed by atoms with E-state index in [4.69, 9.17) is 0 Å². The van der Waals surface area contributed by atoms with E-state index in [0.29, 0.717) is 25.3 Å². The van der Waals surface area contributed by atoms with Crippen LogP contribution in [0.1, 0.15) is 17.2 Å². The summed E-state index contributed by atoms with van der Waals surface area (Å²) in [6, 6.07) is 13.3. The number of hydrogen-bond acceptors (Lipinski definition) is 3. The third-order valence-corrected chi connectivity index (χ3v) is 4.34. The molecule has 136 valence electrons. The highest BCUT2D eigenvalue weighted by Gasteiger charge is 2.24. The summed E-state index contributed by atoms with van der Waals surface area (Å²) in [5.41, 5.74) is 2.57. The van der Waals surface area contributed by atoms with E-state index in [9.17, 15) is 14.0 Å². The zero-order valence-electron chi connectivity index (χ0n) is 14.5. The van der Waals surface area contributed by atoms with E-state index in [1.165, 1.54) is 12.1 Å². The van der Waals surface area contributed by atoms with Gasteiger partial charge in [-0.15, -0.1) is 0 Å². The molecule has 1 saturated heterocycles. The highest BCUT2D eigenvalue weighted by atomic mass is 19.1. The highest BCUT2D eigenvalue weighted by Crippen LogP contribution is 2.22. The van der Waals surface area contributed by atoms with E-state index in [1.807, 2.05) is 36.2 Å². The fraction of sp³-hybridized carbons (Fsp3) is 0.263. The minimum Gasteiger partial charge on any atom is -0.353 e. The van der Waals surface area contributed by atoms with Gasteiger partial charge in [0, 0.05) is 18.8 Å². The molecule has 3 rings (SSSR count). The molecule has 1 unspecified atom stereocenters. The van der Waals surface area contributed by atoms with Gasteiger partial charge in [0.1, 0.15) is 5.82 Å². The smallest absolute Gasteiger partial charge is 0.319 e. The molecule has 7 heteroatoms. The summed E-state index contributed by atoms with van der Waals surface area (Å²) in [5.74, 6) is -0.277. The van der Waals surface area contributed by atoms with Crippen molar-refractivity contribution in [1.82, 2.24) is 15.5 Å². The maximum absolute atomic E-state index is 12.9. The van der Waals surface area contributed by atoms with E-state index in [-0.39, 0.29) is 23.8 Å². The Kier molecular flexibility index (Phi) is 5.48. The van der Waals surface area contributed by atoms with Crippen molar-refractivity contribution in [1.29, 1.82) is 0 Å². The summed E-state index contributed by atoms with van der Waals surface area (Å²) < 4.78 is 12.9. The third-order valence-electron chi connectivity index (χ3n) is 4.34. The van der Waals surface area contributed by atoms with Crippen LogP contribution >= 0.6 is 0 Å². The molecule has 2 aromatic carbocycles. The molecule has 0 bridgehead atoms. The normalized spacial score (nSPS) is 17.5. The number of hydrogen-bond donors (Lipinski definition) is 3. The van der Waals surface area contributed by atoms with Crippen molar-refractivity contribution in [3.63, 3.8) is 0 Å². The Bertz CT molecular complexity index is 777. The first-order valence-electron chi connectivity index (χ1n) is 8.37. The number of rotatable bonds is 4. The second kappa shape index (κ2) is 7.97. The minimum atomic E-state index is -0.330. The first-order chi connectivity index (χ1) is 12.5. The van der Waals surface area contributed by atoms with Gasteiger partial charge in [0.15, 0.2) is 0 Å². The number of nitrogens with one attached hydrogen (secondary N) is 3. The van der Waals surface area contributed by atoms with E-state index in [1.54, 1.807) is 12.1 Å². The lowest BCUT2D eigenvalue weighted by Gasteiger charge is -2.32. The van der Waals surface area contributed by atoms with Crippen LogP contribution in [0.25, 0.3) is 0 Å². The summed E-state index contributed by atoms with van der Waals surface area (Å²) in [4.78, 5) is 25.4. The van der Waals surface area contributed by atoms with Crippen molar-refractivity contribution in [2.45, 2.75) is 12.6 Å². The number of nitrogens with zero attached hydrogens (tertiary/aromatic N) is 1. The fourth-order valence-corrected chi connectivity index (χ4v) is 2.88. The quantitative estimate of drug-likeness (QED) is 0.787. The largest absolute Gasteiger partial charge is 0.353 e. The molecule has 6 nitrogen and oxygen atoms in total. The van der Waals surface area contributed by atoms with Gasteiger partial charge in [-0.3, -0.25) is 9.69 Å². The molecule has 1 atom stereocenters. The number of halogens is 1. The predicted molar refractivity (Wildman–Crippen MR) is 97.1 cm³/mol. The molecule has 3 amide bonds. The van der Waals surface area contributed by atoms with Crippen molar-refractivity contribution in [3.8, 4) is 0 Å². The molecule has 1 fully saturated rings. The monoisotopic (exact) mass is 356 g/mol. The highest BCUT2D eigenvalue weighted by molar-refractivity contribution is 5.89. The predicted octanol–water partition coefficient (Wildman–Crippen LogP) is 2.25. The minimum absolute atomic E-state index is 0.0277. The summed E-state index contributed by atoms with van der Waals surface area (Å²) in [5, 5.41) is 8.35. The molecule has 26 heavy (non-hydrogen) atoms. The van der Waals surface area contributed by atoms with Crippen LogP contribution in [0.3, 0.4) is 0 Å². The number of benzene rings is 2. The van der Waals surface area contributed by atoms with Gasteiger partial charge < -0.3 is 16.0 Å². The Morgan fingerprint density at radius 2 is 1.88 bits per heavy atom. The number of amides is 3. The Morgan fingerprint density at radius 1 is 1.19 bits per heavy atom. The number of likely N-dealkylation sites (N-methyl/N-ethyl adjacent to an activating group) is 1. The topological polar surface area (TPSA) is 73.5 Å². The third kappa shape index (κ3) is 4.58. The zero-order valence-corrected chi connectivity index (χ0v) is 14.5. The standard InChI is InChI=1S/C19H21FN4O2/c1-24-12-18(25)21-11-17(24)14-4-8-16(9-5-14)23-19(26)22-10-13-2-6-15(20)7-3-13/h2-9,17H,10-12H2,1H3,(H,21,25)(H2,22,23,26). The van der Waals surface area contributed by atoms with E-state index in [0.717, 1.165) is 11.1 Å². The van der Waals surface area contributed by atoms with Crippen LogP contribution in [0.4, 0.5) is 14.9 Å². The zero-order chi connectivity index (χ0) is 18.5. The van der Waals surface area contributed by atoms with Crippen LogP contribution in [0.5, 0.6) is 0 Å². The van der Waals surface area contributed by atoms with Crippen molar-refractivity contribution >= 4 is 17.6 Å². The van der Waals surface area contributed by atoms with Crippen LogP contribution in [0.15, 0.2) is 48.5 Å². The Morgan fingerprint density at radius 3 is 2.54 bits per heavy atom. The molecular formula is C19H21FN4O2. The fourth-order valence-electron chi connectivity index (χ4n) is 2.88. The molecule has 1 aliphatic heterocycles. The van der Waals surface area contributed by atoms with Crippen molar-refractivity contribution in [2.75, 3.05) is 25.5 Å². The van der Waals surface area contributed by atoms with Gasteiger partial charge in [0.25, 0.3) is 0 Å². The first kappa shape index (κ1) is 17.9. The number of anilines is 1. The molecular weight excluding hydrogens is 335 g/mol. The van der Waals surface area contributed by atoms with Gasteiger partial charge in [-0.2, -0.15) is 0 Å². The number of urea groups is 1. The lowest BCUT2D eigenvalue weighted by molar-refractivity contribution is -0.125. The molecule has 1 heterocycles. The van der Waals surface area contributed by atoms with Crippen molar-refractivity contribution in [2.24, 2.45) is 0 Å². The first-order valence-corrected chi connectivity index (χ1v) is 8.37. The molecule has 1 aliphatic rings. The van der Waals surface area contributed by atoms with Crippen LogP contribution in [0.2, 0.25) is 0 Å². The summed E-state index contributed by atoms with van der Waals surface area (Å²) in [7, 11) is 1.92. The van der Waals surface area contributed by atoms with Crippen LogP contribution < -0.4 is 16.0 Å². The molecule has 0 radical (unpaired) electrons. The van der Waals surface area contributed by atoms with Gasteiger partial charge >= 0.3 is 6.03 Å². The Hall–Kier alpha value is -2.93. The molecule has 2 aromatic rings. The van der Waals surface area contributed by atoms with Crippen molar-refractivity contribution in [3.05, 3.63) is 65.5 Å². The Labute approximate surface area is 151 Å². The lowest BCUT2D eigenvalue weighted by atomic mass is 10.0. The van der Waals surface area contributed by atoms with Crippen LogP contribution in [-0.2, 0) is 11.3 Å². The van der Waals surface area contributed by atoms with Gasteiger partial charge in [0.2, 0.25) is 5.91 Å². The summed E-state index contributed by atoms with van der Waals surface area (Å²) in [6.45, 7) is 1.26. The van der Waals surface area contributed by atoms with Crippen LogP contribution in [-0.4, -0.2) is 37.0 Å². The van der Waals surface area contributed by atoms with E-state index in [2.05, 4.69) is 16.0 Å². The maximum atomic E-state index is 12.9.